The molecule has 1 heterocycles. The van der Waals surface area contributed by atoms with Gasteiger partial charge >= 0.3 is 0 Å². The number of rotatable bonds is 2. The molecule has 0 saturated heterocycles. The predicted molar refractivity (Wildman–Crippen MR) is 70.4 cm³/mol. The van der Waals surface area contributed by atoms with Crippen LogP contribution in [0.3, 0.4) is 0 Å². The van der Waals surface area contributed by atoms with E-state index < -0.39 is 17.4 Å². The van der Waals surface area contributed by atoms with Gasteiger partial charge in [-0.2, -0.15) is 0 Å². The third kappa shape index (κ3) is 2.34. The molecule has 100 valence electrons. The van der Waals surface area contributed by atoms with Gasteiger partial charge in [-0.1, -0.05) is 0 Å². The summed E-state index contributed by atoms with van der Waals surface area (Å²) >= 11 is 2.87. The van der Waals surface area contributed by atoms with Gasteiger partial charge in [0.2, 0.25) is 0 Å². The molecule has 1 aromatic heterocycles. The van der Waals surface area contributed by atoms with Gasteiger partial charge in [-0.3, -0.25) is 4.79 Å². The molecule has 0 N–H and O–H groups in total. The highest BCUT2D eigenvalue weighted by Gasteiger charge is 2.23. The Kier molecular flexibility index (Phi) is 3.58. The van der Waals surface area contributed by atoms with Crippen molar-refractivity contribution in [3.05, 3.63) is 56.5 Å². The molecule has 1 aromatic carbocycles. The van der Waals surface area contributed by atoms with Crippen LogP contribution in [0.5, 0.6) is 0 Å². The summed E-state index contributed by atoms with van der Waals surface area (Å²) in [5.41, 5.74) is 0.635. The lowest BCUT2D eigenvalue weighted by molar-refractivity contribution is 0.103. The van der Waals surface area contributed by atoms with Gasteiger partial charge in [0.05, 0.1) is 15.6 Å². The second-order valence-electron chi connectivity index (χ2n) is 4.29. The van der Waals surface area contributed by atoms with E-state index in [0.717, 1.165) is 12.1 Å². The molecule has 0 saturated carbocycles. The Hall–Kier alpha value is -1.49. The van der Waals surface area contributed by atoms with E-state index in [9.17, 15) is 13.6 Å². The highest BCUT2D eigenvalue weighted by Crippen LogP contribution is 2.27. The Labute approximate surface area is 117 Å². The summed E-state index contributed by atoms with van der Waals surface area (Å²) in [5, 5.41) is 0. The summed E-state index contributed by atoms with van der Waals surface area (Å²) in [6, 6.07) is 1.84. The molecule has 0 aliphatic heterocycles. The average Bonchev–Trinajstić information content (AvgIpc) is 2.57. The molecule has 2 aromatic rings. The van der Waals surface area contributed by atoms with Gasteiger partial charge in [-0.15, -0.1) is 0 Å². The molecule has 0 spiro atoms. The first-order valence-electron chi connectivity index (χ1n) is 5.58. The molecule has 0 aliphatic rings. The molecule has 2 nitrogen and oxygen atoms in total. The smallest absolute Gasteiger partial charge is 0.199 e. The van der Waals surface area contributed by atoms with Gasteiger partial charge in [0.1, 0.15) is 23.2 Å². The zero-order valence-corrected chi connectivity index (χ0v) is 12.2. The normalized spacial score (nSPS) is 10.8. The van der Waals surface area contributed by atoms with Crippen LogP contribution in [-0.4, -0.2) is 5.78 Å². The van der Waals surface area contributed by atoms with E-state index in [1.54, 1.807) is 20.8 Å². The van der Waals surface area contributed by atoms with Crippen molar-refractivity contribution in [2.75, 3.05) is 0 Å². The van der Waals surface area contributed by atoms with Crippen molar-refractivity contribution in [3.63, 3.8) is 0 Å². The minimum atomic E-state index is -0.768. The first-order valence-corrected chi connectivity index (χ1v) is 6.38. The number of halogens is 3. The van der Waals surface area contributed by atoms with Crippen molar-refractivity contribution in [2.24, 2.45) is 0 Å². The maximum Gasteiger partial charge on any atom is 0.199 e. The van der Waals surface area contributed by atoms with Crippen molar-refractivity contribution in [3.8, 4) is 0 Å². The molecule has 0 amide bonds. The Morgan fingerprint density at radius 3 is 2.26 bits per heavy atom. The van der Waals surface area contributed by atoms with Crippen molar-refractivity contribution in [2.45, 2.75) is 20.8 Å². The number of benzene rings is 1. The Morgan fingerprint density at radius 2 is 1.74 bits per heavy atom. The van der Waals surface area contributed by atoms with Crippen molar-refractivity contribution in [1.82, 2.24) is 0 Å². The van der Waals surface area contributed by atoms with Gasteiger partial charge in [0.25, 0.3) is 0 Å². The molecule has 0 radical (unpaired) electrons. The van der Waals surface area contributed by atoms with Crippen LogP contribution < -0.4 is 0 Å². The lowest BCUT2D eigenvalue weighted by Crippen LogP contribution is -2.07. The van der Waals surface area contributed by atoms with E-state index in [4.69, 9.17) is 4.42 Å². The Bertz CT molecular complexity index is 675. The van der Waals surface area contributed by atoms with E-state index >= 15 is 0 Å². The van der Waals surface area contributed by atoms with Crippen molar-refractivity contribution >= 4 is 21.7 Å². The SMILES string of the molecule is Cc1oc(C)c(C(=O)c2cc(F)c(Br)cc2F)c1C. The molecule has 2 rings (SSSR count). The van der Waals surface area contributed by atoms with E-state index in [0.29, 0.717) is 17.1 Å². The fourth-order valence-corrected chi connectivity index (χ4v) is 2.27. The summed E-state index contributed by atoms with van der Waals surface area (Å²) in [5.74, 6) is -1.02. The van der Waals surface area contributed by atoms with Gasteiger partial charge in [-0.05, 0) is 48.8 Å². The molecule has 19 heavy (non-hydrogen) atoms. The molecule has 5 heteroatoms. The number of hydrogen-bond acceptors (Lipinski definition) is 2. The summed E-state index contributed by atoms with van der Waals surface area (Å²) in [4.78, 5) is 12.3. The highest BCUT2D eigenvalue weighted by molar-refractivity contribution is 9.10. The maximum atomic E-state index is 13.8. The number of hydrogen-bond donors (Lipinski definition) is 0. The minimum Gasteiger partial charge on any atom is -0.466 e. The molecular formula is C14H11BrF2O2. The van der Waals surface area contributed by atoms with Crippen LogP contribution in [0.2, 0.25) is 0 Å². The number of carbonyl (C=O) groups is 1. The number of ketones is 1. The molecule has 0 atom stereocenters. The van der Waals surface area contributed by atoms with Crippen LogP contribution in [0, 0.1) is 32.4 Å². The third-order valence-corrected chi connectivity index (χ3v) is 3.65. The van der Waals surface area contributed by atoms with Gasteiger partial charge in [0.15, 0.2) is 5.78 Å². The fraction of sp³-hybridized carbons (Fsp3) is 0.214. The number of furan rings is 1. The van der Waals surface area contributed by atoms with Crippen LogP contribution in [0.25, 0.3) is 0 Å². The maximum absolute atomic E-state index is 13.8. The van der Waals surface area contributed by atoms with Crippen LogP contribution in [0.1, 0.15) is 33.0 Å². The summed E-state index contributed by atoms with van der Waals surface area (Å²) < 4.78 is 32.6. The zero-order chi connectivity index (χ0) is 14.3. The summed E-state index contributed by atoms with van der Waals surface area (Å²) in [7, 11) is 0. The van der Waals surface area contributed by atoms with Crippen molar-refractivity contribution in [1.29, 1.82) is 0 Å². The highest BCUT2D eigenvalue weighted by atomic mass is 79.9. The number of aryl methyl sites for hydroxylation is 2. The minimum absolute atomic E-state index is 0.0154. The van der Waals surface area contributed by atoms with Gasteiger partial charge in [0, 0.05) is 5.56 Å². The van der Waals surface area contributed by atoms with Crippen LogP contribution >= 0.6 is 15.9 Å². The largest absolute Gasteiger partial charge is 0.466 e. The second-order valence-corrected chi connectivity index (χ2v) is 5.14. The van der Waals surface area contributed by atoms with Crippen LogP contribution in [0.15, 0.2) is 21.0 Å². The monoisotopic (exact) mass is 328 g/mol. The lowest BCUT2D eigenvalue weighted by atomic mass is 9.99. The van der Waals surface area contributed by atoms with Gasteiger partial charge in [-0.25, -0.2) is 8.78 Å². The quantitative estimate of drug-likeness (QED) is 0.601. The standard InChI is InChI=1S/C14H11BrF2O2/c1-6-7(2)19-8(3)13(6)14(18)9-4-12(17)10(15)5-11(9)16/h4-5H,1-3H3. The second kappa shape index (κ2) is 4.89. The Balaban J connectivity index is 2.59. The molecule has 0 bridgehead atoms. The summed E-state index contributed by atoms with van der Waals surface area (Å²) in [6.45, 7) is 5.06. The zero-order valence-electron chi connectivity index (χ0n) is 10.6. The van der Waals surface area contributed by atoms with E-state index in [1.165, 1.54) is 0 Å². The molecule has 0 unspecified atom stereocenters. The Morgan fingerprint density at radius 1 is 1.11 bits per heavy atom. The van der Waals surface area contributed by atoms with Crippen molar-refractivity contribution < 1.29 is 18.0 Å². The third-order valence-electron chi connectivity index (χ3n) is 3.04. The molecule has 0 aliphatic carbocycles. The molecule has 0 fully saturated rings. The van der Waals surface area contributed by atoms with E-state index in [1.807, 2.05) is 0 Å². The topological polar surface area (TPSA) is 30.2 Å². The lowest BCUT2D eigenvalue weighted by Gasteiger charge is -2.04. The molecular weight excluding hydrogens is 318 g/mol. The van der Waals surface area contributed by atoms with E-state index in [-0.39, 0.29) is 15.6 Å². The van der Waals surface area contributed by atoms with E-state index in [2.05, 4.69) is 15.9 Å². The first kappa shape index (κ1) is 13.9. The average molecular weight is 329 g/mol. The first-order chi connectivity index (χ1) is 8.82. The fourth-order valence-electron chi connectivity index (χ4n) is 1.96. The van der Waals surface area contributed by atoms with Crippen LogP contribution in [-0.2, 0) is 0 Å². The summed E-state index contributed by atoms with van der Waals surface area (Å²) in [6.07, 6.45) is 0. The van der Waals surface area contributed by atoms with Crippen LogP contribution in [0.4, 0.5) is 8.78 Å². The number of carbonyl (C=O) groups excluding carboxylic acids is 1. The predicted octanol–water partition coefficient (Wildman–Crippen LogP) is 4.48. The van der Waals surface area contributed by atoms with Gasteiger partial charge < -0.3 is 4.42 Å².